The quantitative estimate of drug-likeness (QED) is 0.144. The third-order valence-corrected chi connectivity index (χ3v) is 19.7. The molecular formula is C26H60N6O7Si3. The summed E-state index contributed by atoms with van der Waals surface area (Å²) in [6.07, 6.45) is 2.73. The first-order valence-corrected chi connectivity index (χ1v) is 21.7. The zero-order valence-electron chi connectivity index (χ0n) is 27.0. The van der Waals surface area contributed by atoms with E-state index in [4.69, 9.17) is 30.4 Å². The van der Waals surface area contributed by atoms with Crippen LogP contribution in [0.4, 0.5) is 0 Å². The molecule has 3 saturated heterocycles. The molecule has 13 nitrogen and oxygen atoms in total. The van der Waals surface area contributed by atoms with Crippen molar-refractivity contribution in [3.8, 4) is 0 Å². The van der Waals surface area contributed by atoms with Gasteiger partial charge in [0.25, 0.3) is 0 Å². The van der Waals surface area contributed by atoms with Crippen LogP contribution in [0.5, 0.6) is 0 Å². The summed E-state index contributed by atoms with van der Waals surface area (Å²) in [6.45, 7) is 15.4. The predicted molar refractivity (Wildman–Crippen MR) is 171 cm³/mol. The predicted octanol–water partition coefficient (Wildman–Crippen LogP) is -0.0458. The molecular weight excluding hydrogens is 593 g/mol. The Balaban J connectivity index is 1.72. The van der Waals surface area contributed by atoms with Crippen molar-refractivity contribution in [2.24, 2.45) is 0 Å². The Morgan fingerprint density at radius 2 is 0.690 bits per heavy atom. The van der Waals surface area contributed by atoms with Gasteiger partial charge >= 0.3 is 26.4 Å². The second kappa shape index (κ2) is 19.6. The smallest absolute Gasteiger partial charge is 0.378 e. The zero-order valence-corrected chi connectivity index (χ0v) is 30.0. The Hall–Kier alpha value is 0.131. The number of piperazine rings is 3. The van der Waals surface area contributed by atoms with Gasteiger partial charge in [-0.25, -0.2) is 0 Å². The maximum absolute atomic E-state index is 6.99. The van der Waals surface area contributed by atoms with Crippen LogP contribution in [0.2, 0.25) is 18.1 Å². The van der Waals surface area contributed by atoms with E-state index in [1.807, 2.05) is 0 Å². The van der Waals surface area contributed by atoms with E-state index in [-0.39, 0.29) is 0 Å². The molecule has 3 rings (SSSR count). The lowest BCUT2D eigenvalue weighted by Gasteiger charge is -2.41. The van der Waals surface area contributed by atoms with Crippen LogP contribution < -0.4 is 16.0 Å². The van der Waals surface area contributed by atoms with E-state index in [1.54, 1.807) is 35.5 Å². The molecule has 0 aromatic carbocycles. The lowest BCUT2D eigenvalue weighted by molar-refractivity contribution is 0.0679. The minimum Gasteiger partial charge on any atom is -0.378 e. The minimum atomic E-state index is -3.35. The number of nitrogens with zero attached hydrogens (tertiary/aromatic N) is 3. The van der Waals surface area contributed by atoms with E-state index >= 15 is 0 Å². The number of rotatable bonds is 21. The van der Waals surface area contributed by atoms with E-state index in [0.717, 1.165) is 117 Å². The molecule has 248 valence electrons. The number of hydrogen-bond donors (Lipinski definition) is 3. The molecule has 3 heterocycles. The van der Waals surface area contributed by atoms with E-state index in [1.165, 1.54) is 0 Å². The van der Waals surface area contributed by atoms with E-state index < -0.39 is 26.4 Å². The number of hydrogen-bond acceptors (Lipinski definition) is 13. The minimum absolute atomic E-state index is 0.645. The van der Waals surface area contributed by atoms with Gasteiger partial charge in [-0.3, -0.25) is 0 Å². The largest absolute Gasteiger partial charge is 0.493 e. The van der Waals surface area contributed by atoms with Crippen molar-refractivity contribution in [3.63, 3.8) is 0 Å². The second-order valence-electron chi connectivity index (χ2n) is 11.4. The molecule has 3 aliphatic rings. The van der Waals surface area contributed by atoms with Gasteiger partial charge in [0.15, 0.2) is 0 Å². The summed E-state index contributed by atoms with van der Waals surface area (Å²) in [7, 11) is -1.10. The van der Waals surface area contributed by atoms with Gasteiger partial charge in [-0.15, -0.1) is 0 Å². The van der Waals surface area contributed by atoms with Crippen molar-refractivity contribution in [3.05, 3.63) is 0 Å². The summed E-state index contributed by atoms with van der Waals surface area (Å²) in [5, 5.41) is 10.3. The van der Waals surface area contributed by atoms with Crippen LogP contribution in [-0.4, -0.2) is 175 Å². The summed E-state index contributed by atoms with van der Waals surface area (Å²) in [4.78, 5) is 7.46. The van der Waals surface area contributed by atoms with Crippen LogP contribution in [0.25, 0.3) is 0 Å². The second-order valence-corrected chi connectivity index (χ2v) is 20.6. The Labute approximate surface area is 258 Å². The summed E-state index contributed by atoms with van der Waals surface area (Å²) in [5.74, 6) is 0. The molecule has 0 unspecified atom stereocenters. The van der Waals surface area contributed by atoms with Crippen LogP contribution in [-0.2, 0) is 30.4 Å². The molecule has 16 heteroatoms. The van der Waals surface area contributed by atoms with Crippen molar-refractivity contribution in [1.29, 1.82) is 0 Å². The summed E-state index contributed by atoms with van der Waals surface area (Å²) in [6, 6.07) is 2.04. The molecule has 3 fully saturated rings. The summed E-state index contributed by atoms with van der Waals surface area (Å²) >= 11 is 0. The molecule has 0 amide bonds. The van der Waals surface area contributed by atoms with Crippen molar-refractivity contribution in [1.82, 2.24) is 30.7 Å². The lowest BCUT2D eigenvalue weighted by Crippen LogP contribution is -2.63. The fourth-order valence-corrected chi connectivity index (χ4v) is 17.1. The molecule has 0 saturated carbocycles. The Bertz CT molecular complexity index is 670. The highest BCUT2D eigenvalue weighted by molar-refractivity contribution is 6.80. The van der Waals surface area contributed by atoms with Gasteiger partial charge in [0.2, 0.25) is 0 Å². The van der Waals surface area contributed by atoms with Gasteiger partial charge in [0, 0.05) is 132 Å². The van der Waals surface area contributed by atoms with Crippen molar-refractivity contribution in [2.75, 3.05) is 134 Å². The van der Waals surface area contributed by atoms with Crippen LogP contribution in [0, 0.1) is 0 Å². The topological polar surface area (TPSA) is 110 Å². The standard InChI is InChI=1S/C26H60N6O7Si3/c1-33-40(34-2,24-6-15-30-18-9-27-10-19-30)38-42(37-5,26-8-17-32-22-13-29-14-23-32)39-41(35-3,36-4)25-7-16-31-20-11-28-12-21-31/h27-29H,6-26H2,1-5H3. The first kappa shape index (κ1) is 36.6. The Morgan fingerprint density at radius 1 is 0.429 bits per heavy atom. The molecule has 42 heavy (non-hydrogen) atoms. The lowest BCUT2D eigenvalue weighted by atomic mass is 10.3. The van der Waals surface area contributed by atoms with Crippen molar-refractivity contribution in [2.45, 2.75) is 37.4 Å². The zero-order chi connectivity index (χ0) is 30.2. The third-order valence-electron chi connectivity index (χ3n) is 8.68. The van der Waals surface area contributed by atoms with E-state index in [0.29, 0.717) is 18.1 Å². The first-order valence-electron chi connectivity index (χ1n) is 15.9. The average Bonchev–Trinajstić information content (AvgIpc) is 3.05. The van der Waals surface area contributed by atoms with Crippen molar-refractivity contribution < 1.29 is 30.4 Å². The van der Waals surface area contributed by atoms with Gasteiger partial charge in [-0.2, -0.15) is 0 Å². The van der Waals surface area contributed by atoms with Crippen LogP contribution in [0.15, 0.2) is 0 Å². The molecule has 0 bridgehead atoms. The van der Waals surface area contributed by atoms with Gasteiger partial charge in [0.05, 0.1) is 0 Å². The van der Waals surface area contributed by atoms with E-state index in [9.17, 15) is 0 Å². The molecule has 0 atom stereocenters. The van der Waals surface area contributed by atoms with Crippen LogP contribution in [0.1, 0.15) is 19.3 Å². The molecule has 3 aliphatic heterocycles. The third kappa shape index (κ3) is 11.8. The fourth-order valence-electron chi connectivity index (χ4n) is 5.99. The molecule has 0 spiro atoms. The van der Waals surface area contributed by atoms with E-state index in [2.05, 4.69) is 30.7 Å². The number of nitrogens with one attached hydrogen (secondary N) is 3. The highest BCUT2D eigenvalue weighted by Gasteiger charge is 2.57. The Kier molecular flexibility index (Phi) is 17.1. The Morgan fingerprint density at radius 3 is 0.952 bits per heavy atom. The van der Waals surface area contributed by atoms with Gasteiger partial charge in [0.1, 0.15) is 0 Å². The first-order chi connectivity index (χ1) is 20.5. The van der Waals surface area contributed by atoms with Gasteiger partial charge in [-0.1, -0.05) is 0 Å². The maximum Gasteiger partial charge on any atom is 0.493 e. The molecule has 0 radical (unpaired) electrons. The SMILES string of the molecule is CO[Si](CCCN1CCNCC1)(OC)O[Si](CCCN1CCNCC1)(OC)O[Si](CCCN1CCNCC1)(OC)OC. The average molecular weight is 653 g/mol. The van der Waals surface area contributed by atoms with Crippen LogP contribution in [0.3, 0.4) is 0 Å². The van der Waals surface area contributed by atoms with Crippen molar-refractivity contribution >= 4 is 26.4 Å². The summed E-state index contributed by atoms with van der Waals surface area (Å²) in [5.41, 5.74) is 0. The summed E-state index contributed by atoms with van der Waals surface area (Å²) < 4.78 is 44.7. The molecule has 0 aromatic rings. The molecule has 3 N–H and O–H groups in total. The maximum atomic E-state index is 6.99. The van der Waals surface area contributed by atoms with Gasteiger partial charge < -0.3 is 61.0 Å². The normalized spacial score (nSPS) is 20.8. The monoisotopic (exact) mass is 652 g/mol. The van der Waals surface area contributed by atoms with Crippen LogP contribution >= 0.6 is 0 Å². The van der Waals surface area contributed by atoms with Gasteiger partial charge in [-0.05, 0) is 38.9 Å². The molecule has 0 aromatic heterocycles. The molecule has 0 aliphatic carbocycles. The highest BCUT2D eigenvalue weighted by atomic mass is 28.5. The highest BCUT2D eigenvalue weighted by Crippen LogP contribution is 2.32. The fraction of sp³-hybridized carbons (Fsp3) is 1.00.